The maximum absolute atomic E-state index is 12.4. The van der Waals surface area contributed by atoms with E-state index in [0.717, 1.165) is 22.6 Å². The maximum Gasteiger partial charge on any atom is 0.163 e. The van der Waals surface area contributed by atoms with E-state index in [1.165, 1.54) is 9.79 Å². The molecule has 1 aliphatic rings. The molecule has 1 aliphatic heterocycles. The standard InChI is InChI=1S/C19H18O2S2/c1-13-3-2-4-14(11-13)16(20)6-7-17(21)15-5-8-18-19(12-15)23-10-9-22-18/h2-5,8,11-12H,6-7,9-10H2,1H3. The molecular formula is C19H18O2S2. The Balaban J connectivity index is 1.64. The van der Waals surface area contributed by atoms with Crippen LogP contribution in [0.2, 0.25) is 0 Å². The van der Waals surface area contributed by atoms with Gasteiger partial charge in [-0.2, -0.15) is 0 Å². The van der Waals surface area contributed by atoms with Gasteiger partial charge < -0.3 is 0 Å². The number of thioether (sulfide) groups is 2. The second-order valence-corrected chi connectivity index (χ2v) is 7.85. The van der Waals surface area contributed by atoms with Crippen molar-refractivity contribution in [1.29, 1.82) is 0 Å². The van der Waals surface area contributed by atoms with Crippen molar-refractivity contribution in [2.24, 2.45) is 0 Å². The Morgan fingerprint density at radius 1 is 0.870 bits per heavy atom. The lowest BCUT2D eigenvalue weighted by Gasteiger charge is -2.15. The first-order chi connectivity index (χ1) is 11.1. The number of benzene rings is 2. The van der Waals surface area contributed by atoms with E-state index in [9.17, 15) is 9.59 Å². The summed E-state index contributed by atoms with van der Waals surface area (Å²) in [6.07, 6.45) is 0.532. The minimum atomic E-state index is 0.0324. The molecule has 2 aromatic carbocycles. The third-order valence-electron chi connectivity index (χ3n) is 3.78. The summed E-state index contributed by atoms with van der Waals surface area (Å²) in [7, 11) is 0. The van der Waals surface area contributed by atoms with Crippen LogP contribution >= 0.6 is 23.5 Å². The molecule has 0 amide bonds. The van der Waals surface area contributed by atoms with Gasteiger partial charge in [-0.25, -0.2) is 0 Å². The largest absolute Gasteiger partial charge is 0.294 e. The quantitative estimate of drug-likeness (QED) is 0.713. The second kappa shape index (κ2) is 7.37. The predicted molar refractivity (Wildman–Crippen MR) is 97.0 cm³/mol. The van der Waals surface area contributed by atoms with Gasteiger partial charge in [-0.3, -0.25) is 9.59 Å². The molecule has 0 atom stereocenters. The van der Waals surface area contributed by atoms with Crippen molar-refractivity contribution < 1.29 is 9.59 Å². The SMILES string of the molecule is Cc1cccc(C(=O)CCC(=O)c2ccc3c(c2)SCCS3)c1. The maximum atomic E-state index is 12.4. The minimum absolute atomic E-state index is 0.0324. The van der Waals surface area contributed by atoms with Gasteiger partial charge >= 0.3 is 0 Å². The Labute approximate surface area is 145 Å². The van der Waals surface area contributed by atoms with Crippen molar-refractivity contribution in [3.8, 4) is 0 Å². The lowest BCUT2D eigenvalue weighted by atomic mass is 10.0. The molecule has 2 nitrogen and oxygen atoms in total. The van der Waals surface area contributed by atoms with Crippen molar-refractivity contribution in [1.82, 2.24) is 0 Å². The molecule has 118 valence electrons. The van der Waals surface area contributed by atoms with Crippen molar-refractivity contribution in [3.63, 3.8) is 0 Å². The van der Waals surface area contributed by atoms with Crippen molar-refractivity contribution in [3.05, 3.63) is 59.2 Å². The molecule has 0 bridgehead atoms. The van der Waals surface area contributed by atoms with E-state index in [2.05, 4.69) is 0 Å². The molecular weight excluding hydrogens is 324 g/mol. The first-order valence-electron chi connectivity index (χ1n) is 7.66. The number of hydrogen-bond acceptors (Lipinski definition) is 4. The van der Waals surface area contributed by atoms with Crippen LogP contribution in [0.5, 0.6) is 0 Å². The monoisotopic (exact) mass is 342 g/mol. The van der Waals surface area contributed by atoms with E-state index in [-0.39, 0.29) is 24.4 Å². The van der Waals surface area contributed by atoms with E-state index in [0.29, 0.717) is 5.56 Å². The van der Waals surface area contributed by atoms with Gasteiger partial charge in [0.25, 0.3) is 0 Å². The summed E-state index contributed by atoms with van der Waals surface area (Å²) in [6.45, 7) is 1.96. The van der Waals surface area contributed by atoms with Crippen molar-refractivity contribution in [2.45, 2.75) is 29.6 Å². The molecule has 3 rings (SSSR count). The summed E-state index contributed by atoms with van der Waals surface area (Å²) in [4.78, 5) is 27.0. The Morgan fingerprint density at radius 3 is 2.22 bits per heavy atom. The highest BCUT2D eigenvalue weighted by Crippen LogP contribution is 2.37. The molecule has 1 heterocycles. The van der Waals surface area contributed by atoms with Gasteiger partial charge in [0.1, 0.15) is 0 Å². The first-order valence-corrected chi connectivity index (χ1v) is 9.63. The third-order valence-corrected chi connectivity index (χ3v) is 6.30. The van der Waals surface area contributed by atoms with Crippen LogP contribution < -0.4 is 0 Å². The Bertz CT molecular complexity index is 753. The Hall–Kier alpha value is -1.52. The molecule has 0 unspecified atom stereocenters. The lowest BCUT2D eigenvalue weighted by Crippen LogP contribution is -2.06. The van der Waals surface area contributed by atoms with Gasteiger partial charge in [-0.1, -0.05) is 29.8 Å². The van der Waals surface area contributed by atoms with Gasteiger partial charge in [0.05, 0.1) is 0 Å². The summed E-state index contributed by atoms with van der Waals surface area (Å²) in [6, 6.07) is 13.4. The molecule has 0 spiro atoms. The average molecular weight is 342 g/mol. The van der Waals surface area contributed by atoms with E-state index in [4.69, 9.17) is 0 Å². The zero-order valence-electron chi connectivity index (χ0n) is 13.0. The smallest absolute Gasteiger partial charge is 0.163 e. The summed E-state index contributed by atoms with van der Waals surface area (Å²) >= 11 is 3.64. The zero-order chi connectivity index (χ0) is 16.2. The molecule has 0 aliphatic carbocycles. The van der Waals surface area contributed by atoms with Crippen LogP contribution in [0.4, 0.5) is 0 Å². The topological polar surface area (TPSA) is 34.1 Å². The second-order valence-electron chi connectivity index (χ2n) is 5.57. The van der Waals surface area contributed by atoms with Crippen LogP contribution in [0.3, 0.4) is 0 Å². The number of carbonyl (C=O) groups excluding carboxylic acids is 2. The van der Waals surface area contributed by atoms with E-state index < -0.39 is 0 Å². The molecule has 0 aromatic heterocycles. The fourth-order valence-corrected chi connectivity index (χ4v) is 4.80. The fraction of sp³-hybridized carbons (Fsp3) is 0.263. The lowest BCUT2D eigenvalue weighted by molar-refractivity contribution is 0.0917. The molecule has 0 N–H and O–H groups in total. The molecule has 23 heavy (non-hydrogen) atoms. The Morgan fingerprint density at radius 2 is 1.52 bits per heavy atom. The highest BCUT2D eigenvalue weighted by molar-refractivity contribution is 8.05. The van der Waals surface area contributed by atoms with Crippen molar-refractivity contribution in [2.75, 3.05) is 11.5 Å². The zero-order valence-corrected chi connectivity index (χ0v) is 14.6. The highest BCUT2D eigenvalue weighted by Gasteiger charge is 2.15. The van der Waals surface area contributed by atoms with Gasteiger partial charge in [0, 0.05) is 45.3 Å². The van der Waals surface area contributed by atoms with Crippen molar-refractivity contribution >= 4 is 35.1 Å². The Kier molecular flexibility index (Phi) is 5.23. The van der Waals surface area contributed by atoms with Crippen LogP contribution in [0, 0.1) is 6.92 Å². The minimum Gasteiger partial charge on any atom is -0.294 e. The number of fused-ring (bicyclic) bond motifs is 1. The number of aryl methyl sites for hydroxylation is 1. The predicted octanol–water partition coefficient (Wildman–Crippen LogP) is 5.04. The molecule has 2 aromatic rings. The number of rotatable bonds is 5. The van der Waals surface area contributed by atoms with E-state index >= 15 is 0 Å². The number of Topliss-reactive ketones (excluding diaryl/α,β-unsaturated/α-hetero) is 2. The van der Waals surface area contributed by atoms with Gasteiger partial charge in [0.15, 0.2) is 11.6 Å². The number of carbonyl (C=O) groups is 2. The molecule has 0 fully saturated rings. The van der Waals surface area contributed by atoms with Gasteiger partial charge in [-0.05, 0) is 25.1 Å². The van der Waals surface area contributed by atoms with E-state index in [1.54, 1.807) is 11.8 Å². The van der Waals surface area contributed by atoms with E-state index in [1.807, 2.05) is 61.2 Å². The molecule has 4 heteroatoms. The first kappa shape index (κ1) is 16.3. The summed E-state index contributed by atoms with van der Waals surface area (Å²) in [5.74, 6) is 2.28. The van der Waals surface area contributed by atoms with Crippen LogP contribution in [0.25, 0.3) is 0 Å². The summed E-state index contributed by atoms with van der Waals surface area (Å²) in [5, 5.41) is 0. The van der Waals surface area contributed by atoms with Crippen LogP contribution in [-0.4, -0.2) is 23.1 Å². The third kappa shape index (κ3) is 4.06. The van der Waals surface area contributed by atoms with Gasteiger partial charge in [-0.15, -0.1) is 23.5 Å². The number of ketones is 2. The normalized spacial score (nSPS) is 13.4. The van der Waals surface area contributed by atoms with Crippen LogP contribution in [0.1, 0.15) is 39.1 Å². The molecule has 0 saturated carbocycles. The molecule has 0 radical (unpaired) electrons. The molecule has 0 saturated heterocycles. The van der Waals surface area contributed by atoms with Crippen LogP contribution in [-0.2, 0) is 0 Å². The summed E-state index contributed by atoms with van der Waals surface area (Å²) in [5.41, 5.74) is 2.47. The number of hydrogen-bond donors (Lipinski definition) is 0. The summed E-state index contributed by atoms with van der Waals surface area (Å²) < 4.78 is 0. The van der Waals surface area contributed by atoms with Crippen LogP contribution in [0.15, 0.2) is 52.3 Å². The fourth-order valence-electron chi connectivity index (χ4n) is 2.55. The average Bonchev–Trinajstić information content (AvgIpc) is 2.59. The highest BCUT2D eigenvalue weighted by atomic mass is 32.2. The van der Waals surface area contributed by atoms with Gasteiger partial charge in [0.2, 0.25) is 0 Å².